The maximum Gasteiger partial charge on any atom is 0.296 e. The van der Waals surface area contributed by atoms with Gasteiger partial charge in [-0.05, 0) is 38.0 Å². The molecule has 116 valence electrons. The predicted octanol–water partition coefficient (Wildman–Crippen LogP) is 1.66. The van der Waals surface area contributed by atoms with Crippen LogP contribution in [0.15, 0.2) is 18.2 Å². The minimum absolute atomic E-state index is 0.127. The molecule has 0 atom stereocenters. The van der Waals surface area contributed by atoms with E-state index < -0.39 is 11.7 Å². The van der Waals surface area contributed by atoms with Crippen molar-refractivity contribution in [3.63, 3.8) is 0 Å². The van der Waals surface area contributed by atoms with Crippen molar-refractivity contribution in [3.8, 4) is 0 Å². The van der Waals surface area contributed by atoms with Gasteiger partial charge in [-0.2, -0.15) is 5.10 Å². The molecule has 1 amide bonds. The van der Waals surface area contributed by atoms with E-state index in [4.69, 9.17) is 5.11 Å². The van der Waals surface area contributed by atoms with Crippen LogP contribution in [-0.4, -0.2) is 26.6 Å². The largest absolute Gasteiger partial charge is 0.392 e. The summed E-state index contributed by atoms with van der Waals surface area (Å²) in [6, 6.07) is 5.21. The van der Waals surface area contributed by atoms with Gasteiger partial charge in [0.1, 0.15) is 0 Å². The lowest BCUT2D eigenvalue weighted by molar-refractivity contribution is -0.112. The highest BCUT2D eigenvalue weighted by Crippen LogP contribution is 2.19. The fourth-order valence-corrected chi connectivity index (χ4v) is 2.30. The molecule has 0 bridgehead atoms. The molecule has 2 N–H and O–H groups in total. The van der Waals surface area contributed by atoms with Gasteiger partial charge in [0.25, 0.3) is 11.7 Å². The van der Waals surface area contributed by atoms with Crippen molar-refractivity contribution in [2.75, 3.05) is 5.32 Å². The van der Waals surface area contributed by atoms with Crippen molar-refractivity contribution >= 4 is 17.4 Å². The average molecular weight is 301 g/mol. The van der Waals surface area contributed by atoms with E-state index >= 15 is 0 Å². The first-order chi connectivity index (χ1) is 10.3. The van der Waals surface area contributed by atoms with Crippen LogP contribution >= 0.6 is 0 Å². The highest BCUT2D eigenvalue weighted by molar-refractivity contribution is 6.47. The fourth-order valence-electron chi connectivity index (χ4n) is 2.30. The first kappa shape index (κ1) is 15.9. The number of hydrogen-bond donors (Lipinski definition) is 2. The van der Waals surface area contributed by atoms with Gasteiger partial charge in [-0.25, -0.2) is 0 Å². The van der Waals surface area contributed by atoms with Crippen LogP contribution in [0.3, 0.4) is 0 Å². The van der Waals surface area contributed by atoms with Gasteiger partial charge in [0.05, 0.1) is 17.9 Å². The van der Waals surface area contributed by atoms with Crippen molar-refractivity contribution in [1.82, 2.24) is 9.78 Å². The Balaban J connectivity index is 2.27. The van der Waals surface area contributed by atoms with Crippen LogP contribution < -0.4 is 5.32 Å². The van der Waals surface area contributed by atoms with Crippen LogP contribution in [0.4, 0.5) is 5.69 Å². The molecule has 0 unspecified atom stereocenters. The quantitative estimate of drug-likeness (QED) is 0.664. The molecular formula is C16H19N3O3. The molecule has 2 rings (SSSR count). The number of hydrogen-bond acceptors (Lipinski definition) is 4. The zero-order chi connectivity index (χ0) is 16.4. The van der Waals surface area contributed by atoms with Gasteiger partial charge >= 0.3 is 0 Å². The number of benzene rings is 1. The van der Waals surface area contributed by atoms with Crippen molar-refractivity contribution in [2.24, 2.45) is 7.05 Å². The SMILES string of the molecule is Cc1ccc(CO)cc1NC(=O)C(=O)c1c(C)nn(C)c1C. The van der Waals surface area contributed by atoms with Crippen LogP contribution in [0, 0.1) is 20.8 Å². The highest BCUT2D eigenvalue weighted by Gasteiger charge is 2.24. The number of carbonyl (C=O) groups excluding carboxylic acids is 2. The Bertz CT molecular complexity index is 747. The molecule has 6 heteroatoms. The zero-order valence-corrected chi connectivity index (χ0v) is 13.1. The van der Waals surface area contributed by atoms with Crippen LogP contribution in [0.1, 0.15) is 32.9 Å². The second-order valence-electron chi connectivity index (χ2n) is 5.26. The molecule has 1 heterocycles. The van der Waals surface area contributed by atoms with Crippen molar-refractivity contribution in [1.29, 1.82) is 0 Å². The highest BCUT2D eigenvalue weighted by atomic mass is 16.3. The molecular weight excluding hydrogens is 282 g/mol. The Morgan fingerprint density at radius 2 is 1.95 bits per heavy atom. The van der Waals surface area contributed by atoms with Gasteiger partial charge < -0.3 is 10.4 Å². The van der Waals surface area contributed by atoms with Crippen LogP contribution in [0.25, 0.3) is 0 Å². The van der Waals surface area contributed by atoms with Gasteiger partial charge in [0.15, 0.2) is 0 Å². The Labute approximate surface area is 128 Å². The van der Waals surface area contributed by atoms with Crippen molar-refractivity contribution < 1.29 is 14.7 Å². The third-order valence-corrected chi connectivity index (χ3v) is 3.68. The number of anilines is 1. The molecule has 0 saturated carbocycles. The second-order valence-corrected chi connectivity index (χ2v) is 5.26. The molecule has 0 saturated heterocycles. The summed E-state index contributed by atoms with van der Waals surface area (Å²) in [7, 11) is 1.73. The zero-order valence-electron chi connectivity index (χ0n) is 13.1. The van der Waals surface area contributed by atoms with E-state index in [1.54, 1.807) is 43.8 Å². The molecule has 1 aromatic carbocycles. The van der Waals surface area contributed by atoms with E-state index in [9.17, 15) is 9.59 Å². The van der Waals surface area contributed by atoms with E-state index in [1.807, 2.05) is 6.92 Å². The Morgan fingerprint density at radius 3 is 2.50 bits per heavy atom. The summed E-state index contributed by atoms with van der Waals surface area (Å²) < 4.78 is 1.58. The van der Waals surface area contributed by atoms with Crippen LogP contribution in [0.2, 0.25) is 0 Å². The van der Waals surface area contributed by atoms with Gasteiger partial charge in [-0.15, -0.1) is 0 Å². The number of ketones is 1. The first-order valence-electron chi connectivity index (χ1n) is 6.91. The summed E-state index contributed by atoms with van der Waals surface area (Å²) in [5.74, 6) is -1.32. The van der Waals surface area contributed by atoms with E-state index in [-0.39, 0.29) is 6.61 Å². The molecule has 0 aliphatic rings. The maximum absolute atomic E-state index is 12.4. The summed E-state index contributed by atoms with van der Waals surface area (Å²) in [4.78, 5) is 24.6. The minimum Gasteiger partial charge on any atom is -0.392 e. The third-order valence-electron chi connectivity index (χ3n) is 3.68. The maximum atomic E-state index is 12.4. The number of amides is 1. The molecule has 0 aliphatic heterocycles. The topological polar surface area (TPSA) is 84.2 Å². The Hall–Kier alpha value is -2.47. The number of rotatable bonds is 4. The summed E-state index contributed by atoms with van der Waals surface area (Å²) in [6.45, 7) is 5.14. The minimum atomic E-state index is -0.711. The number of aliphatic hydroxyl groups excluding tert-OH is 1. The third kappa shape index (κ3) is 2.92. The molecule has 22 heavy (non-hydrogen) atoms. The average Bonchev–Trinajstić information content (AvgIpc) is 2.73. The fraction of sp³-hybridized carbons (Fsp3) is 0.312. The standard InChI is InChI=1S/C16H19N3O3/c1-9-5-6-12(8-20)7-13(9)17-16(22)15(21)14-10(2)18-19(4)11(14)3/h5-7,20H,8H2,1-4H3,(H,17,22). The number of nitrogens with one attached hydrogen (secondary N) is 1. The van der Waals surface area contributed by atoms with Gasteiger partial charge in [-0.1, -0.05) is 12.1 Å². The van der Waals surface area contributed by atoms with E-state index in [0.717, 1.165) is 5.56 Å². The van der Waals surface area contributed by atoms with Gasteiger partial charge in [0, 0.05) is 18.4 Å². The van der Waals surface area contributed by atoms with Crippen molar-refractivity contribution in [2.45, 2.75) is 27.4 Å². The second kappa shape index (κ2) is 6.11. The van der Waals surface area contributed by atoms with Crippen LogP contribution in [0.5, 0.6) is 0 Å². The normalized spacial score (nSPS) is 10.6. The monoisotopic (exact) mass is 301 g/mol. The van der Waals surface area contributed by atoms with Gasteiger partial charge in [0.2, 0.25) is 0 Å². The smallest absolute Gasteiger partial charge is 0.296 e. The van der Waals surface area contributed by atoms with Crippen LogP contribution in [-0.2, 0) is 18.4 Å². The summed E-state index contributed by atoms with van der Waals surface area (Å²) in [5, 5.41) is 15.9. The summed E-state index contributed by atoms with van der Waals surface area (Å²) >= 11 is 0. The molecule has 0 spiro atoms. The molecule has 0 radical (unpaired) electrons. The molecule has 1 aromatic heterocycles. The Morgan fingerprint density at radius 1 is 1.27 bits per heavy atom. The number of aromatic nitrogens is 2. The van der Waals surface area contributed by atoms with E-state index in [2.05, 4.69) is 10.4 Å². The lowest BCUT2D eigenvalue weighted by Crippen LogP contribution is -2.24. The summed E-state index contributed by atoms with van der Waals surface area (Å²) in [5.41, 5.74) is 3.51. The number of aliphatic hydroxyl groups is 1. The molecule has 0 aliphatic carbocycles. The number of Topliss-reactive ketones (excluding diaryl/α,β-unsaturated/α-hetero) is 1. The number of aryl methyl sites for hydroxylation is 3. The number of nitrogens with zero attached hydrogens (tertiary/aromatic N) is 2. The van der Waals surface area contributed by atoms with E-state index in [0.29, 0.717) is 28.2 Å². The van der Waals surface area contributed by atoms with Gasteiger partial charge in [-0.3, -0.25) is 14.3 Å². The predicted molar refractivity (Wildman–Crippen MR) is 82.7 cm³/mol. The molecule has 6 nitrogen and oxygen atoms in total. The summed E-state index contributed by atoms with van der Waals surface area (Å²) in [6.07, 6.45) is 0. The van der Waals surface area contributed by atoms with E-state index in [1.165, 1.54) is 0 Å². The molecule has 0 fully saturated rings. The lowest BCUT2D eigenvalue weighted by atomic mass is 10.1. The molecule has 2 aromatic rings. The lowest BCUT2D eigenvalue weighted by Gasteiger charge is -2.09. The Kier molecular flexibility index (Phi) is 4.42. The van der Waals surface area contributed by atoms with Crippen molar-refractivity contribution in [3.05, 3.63) is 46.3 Å². The first-order valence-corrected chi connectivity index (χ1v) is 6.91. The number of carbonyl (C=O) groups is 2.